The number of carbonyl (C=O) groups excluding carboxylic acids is 1. The van der Waals surface area contributed by atoms with Gasteiger partial charge in [-0.15, -0.1) is 0 Å². The van der Waals surface area contributed by atoms with Crippen LogP contribution in [-0.4, -0.2) is 36.1 Å². The topological polar surface area (TPSA) is 63.2 Å². The minimum absolute atomic E-state index is 0.166. The van der Waals surface area contributed by atoms with Crippen molar-refractivity contribution in [3.8, 4) is 5.75 Å². The molecule has 3 atom stereocenters. The monoisotopic (exact) mass is 325 g/mol. The largest absolute Gasteiger partial charge is 0.490 e. The quantitative estimate of drug-likeness (QED) is 0.882. The second-order valence-corrected chi connectivity index (χ2v) is 7.50. The molecule has 1 aliphatic heterocycles. The van der Waals surface area contributed by atoms with Crippen LogP contribution in [0.25, 0.3) is 10.9 Å². The molecule has 1 amide bonds. The number of amides is 1. The van der Waals surface area contributed by atoms with Crippen molar-refractivity contribution in [3.63, 3.8) is 0 Å². The summed E-state index contributed by atoms with van der Waals surface area (Å²) in [4.78, 5) is 16.8. The number of rotatable bonds is 5. The number of benzene rings is 1. The van der Waals surface area contributed by atoms with Crippen LogP contribution in [-0.2, 0) is 4.79 Å². The number of hydrogen-bond donors (Lipinski definition) is 2. The first-order chi connectivity index (χ1) is 11.6. The van der Waals surface area contributed by atoms with Crippen LogP contribution in [0.5, 0.6) is 5.75 Å². The van der Waals surface area contributed by atoms with E-state index >= 15 is 0 Å². The van der Waals surface area contributed by atoms with E-state index in [1.54, 1.807) is 6.20 Å². The third kappa shape index (κ3) is 2.84. The van der Waals surface area contributed by atoms with E-state index in [0.717, 1.165) is 29.7 Å². The molecule has 1 aromatic heterocycles. The highest BCUT2D eigenvalue weighted by atomic mass is 16.5. The number of carbonyl (C=O) groups is 1. The fraction of sp³-hybridized carbons (Fsp3) is 0.474. The van der Waals surface area contributed by atoms with E-state index in [1.165, 1.54) is 0 Å². The van der Waals surface area contributed by atoms with Crippen molar-refractivity contribution in [1.82, 2.24) is 15.6 Å². The van der Waals surface area contributed by atoms with Crippen molar-refractivity contribution in [2.45, 2.75) is 19.4 Å². The van der Waals surface area contributed by atoms with Gasteiger partial charge in [-0.25, -0.2) is 0 Å². The predicted molar refractivity (Wildman–Crippen MR) is 92.8 cm³/mol. The number of hydrogen-bond acceptors (Lipinski definition) is 4. The number of para-hydroxylation sites is 1. The summed E-state index contributed by atoms with van der Waals surface area (Å²) in [5.41, 5.74) is 0.501. The molecule has 2 unspecified atom stereocenters. The number of nitrogens with one attached hydrogen (secondary N) is 2. The fourth-order valence-corrected chi connectivity index (χ4v) is 3.71. The lowest BCUT2D eigenvalue weighted by Gasteiger charge is -2.27. The van der Waals surface area contributed by atoms with Crippen LogP contribution in [0, 0.1) is 17.8 Å². The van der Waals surface area contributed by atoms with Gasteiger partial charge in [-0.3, -0.25) is 9.78 Å². The summed E-state index contributed by atoms with van der Waals surface area (Å²) in [5, 5.41) is 7.47. The summed E-state index contributed by atoms with van der Waals surface area (Å²) in [5.74, 6) is 2.22. The summed E-state index contributed by atoms with van der Waals surface area (Å²) in [6.07, 6.45) is 1.75. The lowest BCUT2D eigenvalue weighted by Crippen LogP contribution is -2.49. The Hall–Kier alpha value is -2.14. The first-order valence-electron chi connectivity index (χ1n) is 8.54. The van der Waals surface area contributed by atoms with E-state index in [9.17, 15) is 4.79 Å². The Morgan fingerprint density at radius 2 is 2.04 bits per heavy atom. The van der Waals surface area contributed by atoms with E-state index in [0.29, 0.717) is 18.4 Å². The molecule has 0 bridgehead atoms. The van der Waals surface area contributed by atoms with Gasteiger partial charge in [0.05, 0.1) is 11.1 Å². The molecule has 0 spiro atoms. The Balaban J connectivity index is 1.39. The Morgan fingerprint density at radius 1 is 1.29 bits per heavy atom. The van der Waals surface area contributed by atoms with Crippen LogP contribution < -0.4 is 15.4 Å². The molecule has 2 aliphatic rings. The van der Waals surface area contributed by atoms with Gasteiger partial charge in [-0.2, -0.15) is 0 Å². The molecule has 1 saturated carbocycles. The lowest BCUT2D eigenvalue weighted by atomic mass is 10.1. The smallest absolute Gasteiger partial charge is 0.224 e. The molecule has 24 heavy (non-hydrogen) atoms. The van der Waals surface area contributed by atoms with Gasteiger partial charge in [-0.05, 0) is 57.0 Å². The number of pyridine rings is 1. The molecule has 1 aliphatic carbocycles. The molecule has 4 rings (SSSR count). The summed E-state index contributed by atoms with van der Waals surface area (Å²) in [7, 11) is 0. The van der Waals surface area contributed by atoms with Gasteiger partial charge in [0.1, 0.15) is 12.4 Å². The number of nitrogens with zero attached hydrogens (tertiary/aromatic N) is 1. The number of piperidine rings is 1. The Labute approximate surface area is 141 Å². The van der Waals surface area contributed by atoms with E-state index in [2.05, 4.69) is 15.6 Å². The number of aromatic nitrogens is 1. The Kier molecular flexibility index (Phi) is 3.68. The van der Waals surface area contributed by atoms with Crippen LogP contribution in [0.15, 0.2) is 36.5 Å². The molecule has 5 heteroatoms. The van der Waals surface area contributed by atoms with Crippen molar-refractivity contribution in [2.24, 2.45) is 17.8 Å². The minimum Gasteiger partial charge on any atom is -0.490 e. The summed E-state index contributed by atoms with van der Waals surface area (Å²) in [6, 6.07) is 9.78. The maximum Gasteiger partial charge on any atom is 0.224 e. The third-order valence-electron chi connectivity index (χ3n) is 5.05. The van der Waals surface area contributed by atoms with Crippen molar-refractivity contribution in [2.75, 3.05) is 19.7 Å². The summed E-state index contributed by atoms with van der Waals surface area (Å²) in [6.45, 7) is 6.38. The summed E-state index contributed by atoms with van der Waals surface area (Å²) < 4.78 is 6.01. The van der Waals surface area contributed by atoms with E-state index in [-0.39, 0.29) is 11.8 Å². The molecule has 126 valence electrons. The molecule has 2 heterocycles. The first-order valence-corrected chi connectivity index (χ1v) is 8.54. The van der Waals surface area contributed by atoms with Crippen molar-refractivity contribution >= 4 is 16.8 Å². The molecule has 1 aromatic carbocycles. The van der Waals surface area contributed by atoms with Crippen LogP contribution in [0.3, 0.4) is 0 Å². The number of fused-ring (bicyclic) bond motifs is 2. The SMILES string of the molecule is CC(C)(COc1ccnc2ccccc12)NC(=O)C1C2CNC[C@H]21. The molecule has 0 radical (unpaired) electrons. The zero-order valence-corrected chi connectivity index (χ0v) is 14.1. The second-order valence-electron chi connectivity index (χ2n) is 7.50. The van der Waals surface area contributed by atoms with Crippen molar-refractivity contribution in [3.05, 3.63) is 36.5 Å². The Morgan fingerprint density at radius 3 is 2.83 bits per heavy atom. The molecular formula is C19H23N3O2. The Bertz CT molecular complexity index is 759. The van der Waals surface area contributed by atoms with Crippen LogP contribution in [0.2, 0.25) is 0 Å². The van der Waals surface area contributed by atoms with Crippen LogP contribution >= 0.6 is 0 Å². The van der Waals surface area contributed by atoms with Gasteiger partial charge in [-0.1, -0.05) is 12.1 Å². The van der Waals surface area contributed by atoms with Crippen LogP contribution in [0.4, 0.5) is 0 Å². The third-order valence-corrected chi connectivity index (χ3v) is 5.05. The average molecular weight is 325 g/mol. The highest BCUT2D eigenvalue weighted by Gasteiger charge is 2.57. The highest BCUT2D eigenvalue weighted by molar-refractivity contribution is 5.85. The summed E-state index contributed by atoms with van der Waals surface area (Å²) >= 11 is 0. The van der Waals surface area contributed by atoms with Crippen molar-refractivity contribution < 1.29 is 9.53 Å². The minimum atomic E-state index is -0.411. The van der Waals surface area contributed by atoms with Gasteiger partial charge in [0.2, 0.25) is 5.91 Å². The van der Waals surface area contributed by atoms with E-state index < -0.39 is 5.54 Å². The molecule has 2 aromatic rings. The predicted octanol–water partition coefficient (Wildman–Crippen LogP) is 1.97. The first kappa shape index (κ1) is 15.4. The van der Waals surface area contributed by atoms with Crippen molar-refractivity contribution in [1.29, 1.82) is 0 Å². The van der Waals surface area contributed by atoms with Gasteiger partial charge in [0, 0.05) is 17.5 Å². The lowest BCUT2D eigenvalue weighted by molar-refractivity contribution is -0.125. The normalized spacial score (nSPS) is 25.3. The second kappa shape index (κ2) is 5.74. The molecule has 2 fully saturated rings. The number of ether oxygens (including phenoxy) is 1. The van der Waals surface area contributed by atoms with Crippen LogP contribution in [0.1, 0.15) is 13.8 Å². The molecular weight excluding hydrogens is 302 g/mol. The van der Waals surface area contributed by atoms with Gasteiger partial charge in [0.25, 0.3) is 0 Å². The van der Waals surface area contributed by atoms with Gasteiger partial charge >= 0.3 is 0 Å². The maximum absolute atomic E-state index is 12.5. The average Bonchev–Trinajstić information content (AvgIpc) is 3.06. The highest BCUT2D eigenvalue weighted by Crippen LogP contribution is 2.48. The van der Waals surface area contributed by atoms with E-state index in [4.69, 9.17) is 4.74 Å². The maximum atomic E-state index is 12.5. The van der Waals surface area contributed by atoms with Gasteiger partial charge in [0.15, 0.2) is 0 Å². The van der Waals surface area contributed by atoms with E-state index in [1.807, 2.05) is 44.2 Å². The zero-order chi connectivity index (χ0) is 16.7. The van der Waals surface area contributed by atoms with Gasteiger partial charge < -0.3 is 15.4 Å². The standard InChI is InChI=1S/C19H23N3O2/c1-19(2,22-18(23)17-13-9-20-10-14(13)17)11-24-16-7-8-21-15-6-4-3-5-12(15)16/h3-8,13-14,17,20H,9-11H2,1-2H3,(H,22,23)/t13-,14?,17?/m1/s1. The zero-order valence-electron chi connectivity index (χ0n) is 14.1. The fourth-order valence-electron chi connectivity index (χ4n) is 3.71. The molecule has 5 nitrogen and oxygen atoms in total. The molecule has 1 saturated heterocycles. The molecule has 2 N–H and O–H groups in total.